The number of benzene rings is 1. The SMILES string of the molecule is CCn1cc(C(=O)NC2(c3cc(C(F)(F)F)ccc3Cl)CC2)cn1. The third-order valence-electron chi connectivity index (χ3n) is 4.13. The van der Waals surface area contributed by atoms with Crippen LogP contribution < -0.4 is 5.32 Å². The van der Waals surface area contributed by atoms with E-state index >= 15 is 0 Å². The highest BCUT2D eigenvalue weighted by Gasteiger charge is 2.48. The van der Waals surface area contributed by atoms with Gasteiger partial charge in [-0.3, -0.25) is 9.48 Å². The van der Waals surface area contributed by atoms with Crippen LogP contribution in [0.15, 0.2) is 30.6 Å². The monoisotopic (exact) mass is 357 g/mol. The van der Waals surface area contributed by atoms with E-state index in [1.54, 1.807) is 10.9 Å². The summed E-state index contributed by atoms with van der Waals surface area (Å²) in [6.45, 7) is 2.51. The summed E-state index contributed by atoms with van der Waals surface area (Å²) in [6, 6.07) is 3.18. The number of hydrogen-bond donors (Lipinski definition) is 1. The lowest BCUT2D eigenvalue weighted by molar-refractivity contribution is -0.137. The Kier molecular flexibility index (Phi) is 4.07. The summed E-state index contributed by atoms with van der Waals surface area (Å²) < 4.78 is 40.4. The zero-order valence-corrected chi connectivity index (χ0v) is 13.6. The van der Waals surface area contributed by atoms with Gasteiger partial charge in [0, 0.05) is 17.8 Å². The first kappa shape index (κ1) is 16.8. The van der Waals surface area contributed by atoms with E-state index in [2.05, 4.69) is 10.4 Å². The van der Waals surface area contributed by atoms with Gasteiger partial charge in [-0.25, -0.2) is 0 Å². The molecule has 1 fully saturated rings. The fourth-order valence-electron chi connectivity index (χ4n) is 2.60. The second kappa shape index (κ2) is 5.81. The first-order valence-electron chi connectivity index (χ1n) is 7.47. The maximum Gasteiger partial charge on any atom is 0.416 e. The molecular weight excluding hydrogens is 343 g/mol. The molecule has 0 spiro atoms. The van der Waals surface area contributed by atoms with Crippen LogP contribution in [0.3, 0.4) is 0 Å². The Morgan fingerprint density at radius 3 is 2.67 bits per heavy atom. The maximum absolute atomic E-state index is 12.9. The van der Waals surface area contributed by atoms with Crippen LogP contribution in [0.25, 0.3) is 0 Å². The minimum atomic E-state index is -4.46. The van der Waals surface area contributed by atoms with Gasteiger partial charge in [0.25, 0.3) is 5.91 Å². The summed E-state index contributed by atoms with van der Waals surface area (Å²) >= 11 is 6.09. The highest BCUT2D eigenvalue weighted by atomic mass is 35.5. The minimum absolute atomic E-state index is 0.213. The molecule has 0 saturated heterocycles. The van der Waals surface area contributed by atoms with Gasteiger partial charge >= 0.3 is 6.18 Å². The fourth-order valence-corrected chi connectivity index (χ4v) is 2.90. The van der Waals surface area contributed by atoms with E-state index in [1.807, 2.05) is 6.92 Å². The summed E-state index contributed by atoms with van der Waals surface area (Å²) in [4.78, 5) is 12.4. The first-order chi connectivity index (χ1) is 11.2. The summed E-state index contributed by atoms with van der Waals surface area (Å²) in [6.07, 6.45) is -0.340. The second-order valence-corrected chi connectivity index (χ2v) is 6.22. The van der Waals surface area contributed by atoms with Crippen molar-refractivity contribution in [1.82, 2.24) is 15.1 Å². The predicted octanol–water partition coefficient (Wildman–Crippen LogP) is 3.99. The highest BCUT2D eigenvalue weighted by Crippen LogP contribution is 2.49. The number of aryl methyl sites for hydroxylation is 1. The van der Waals surface area contributed by atoms with Crippen molar-refractivity contribution in [3.05, 3.63) is 52.3 Å². The van der Waals surface area contributed by atoms with E-state index in [0.717, 1.165) is 12.1 Å². The van der Waals surface area contributed by atoms with E-state index in [4.69, 9.17) is 11.6 Å². The molecule has 1 amide bonds. The Morgan fingerprint density at radius 2 is 2.12 bits per heavy atom. The molecule has 4 nitrogen and oxygen atoms in total. The van der Waals surface area contributed by atoms with Crippen LogP contribution in [0.5, 0.6) is 0 Å². The molecule has 1 heterocycles. The number of carbonyl (C=O) groups excluding carboxylic acids is 1. The van der Waals surface area contributed by atoms with Crippen LogP contribution in [0.2, 0.25) is 5.02 Å². The zero-order valence-electron chi connectivity index (χ0n) is 12.8. The maximum atomic E-state index is 12.9. The lowest BCUT2D eigenvalue weighted by atomic mass is 10.0. The molecule has 2 aromatic rings. The van der Waals surface area contributed by atoms with Crippen LogP contribution >= 0.6 is 11.6 Å². The minimum Gasteiger partial charge on any atom is -0.342 e. The van der Waals surface area contributed by atoms with E-state index in [-0.39, 0.29) is 10.9 Å². The molecule has 1 aromatic heterocycles. The fraction of sp³-hybridized carbons (Fsp3) is 0.375. The van der Waals surface area contributed by atoms with Crippen molar-refractivity contribution in [3.8, 4) is 0 Å². The van der Waals surface area contributed by atoms with E-state index < -0.39 is 17.3 Å². The van der Waals surface area contributed by atoms with Gasteiger partial charge in [-0.15, -0.1) is 0 Å². The van der Waals surface area contributed by atoms with Crippen molar-refractivity contribution >= 4 is 17.5 Å². The standard InChI is InChI=1S/C16H15ClF3N3O/c1-2-23-9-10(8-21-23)14(24)22-15(5-6-15)12-7-11(16(18,19)20)3-4-13(12)17/h3-4,7-9H,2,5-6H2,1H3,(H,22,24). The lowest BCUT2D eigenvalue weighted by Gasteiger charge is -2.20. The average Bonchev–Trinajstić information content (AvgIpc) is 3.12. The van der Waals surface area contributed by atoms with Crippen molar-refractivity contribution in [1.29, 1.82) is 0 Å². The van der Waals surface area contributed by atoms with E-state index in [1.165, 1.54) is 12.3 Å². The molecule has 0 unspecified atom stereocenters. The Labute approximate surface area is 141 Å². The molecule has 0 aliphatic heterocycles. The second-order valence-electron chi connectivity index (χ2n) is 5.81. The van der Waals surface area contributed by atoms with Gasteiger partial charge in [0.2, 0.25) is 0 Å². The van der Waals surface area contributed by atoms with Gasteiger partial charge in [-0.1, -0.05) is 11.6 Å². The number of alkyl halides is 3. The molecule has 0 radical (unpaired) electrons. The Bertz CT molecular complexity index is 781. The smallest absolute Gasteiger partial charge is 0.342 e. The Hall–Kier alpha value is -2.02. The van der Waals surface area contributed by atoms with Crippen molar-refractivity contribution in [3.63, 3.8) is 0 Å². The van der Waals surface area contributed by atoms with Gasteiger partial charge < -0.3 is 5.32 Å². The first-order valence-corrected chi connectivity index (χ1v) is 7.85. The van der Waals surface area contributed by atoms with Crippen LogP contribution in [0.4, 0.5) is 13.2 Å². The summed E-state index contributed by atoms with van der Waals surface area (Å²) in [7, 11) is 0. The number of rotatable bonds is 4. The molecule has 1 aliphatic rings. The molecule has 1 aliphatic carbocycles. The van der Waals surface area contributed by atoms with Gasteiger partial charge in [0.05, 0.1) is 22.9 Å². The van der Waals surface area contributed by atoms with Crippen LogP contribution in [-0.2, 0) is 18.3 Å². The lowest BCUT2D eigenvalue weighted by Crippen LogP contribution is -2.35. The number of halogens is 4. The van der Waals surface area contributed by atoms with Gasteiger partial charge in [-0.2, -0.15) is 18.3 Å². The Morgan fingerprint density at radius 1 is 1.42 bits per heavy atom. The molecular formula is C16H15ClF3N3O. The number of carbonyl (C=O) groups is 1. The normalized spacial score (nSPS) is 16.0. The molecule has 128 valence electrons. The van der Waals surface area contributed by atoms with Crippen LogP contribution in [-0.4, -0.2) is 15.7 Å². The average molecular weight is 358 g/mol. The summed E-state index contributed by atoms with van der Waals surface area (Å²) in [5, 5.41) is 7.05. The number of nitrogens with zero attached hydrogens (tertiary/aromatic N) is 2. The Balaban J connectivity index is 1.87. The number of hydrogen-bond acceptors (Lipinski definition) is 2. The molecule has 1 N–H and O–H groups in total. The molecule has 24 heavy (non-hydrogen) atoms. The molecule has 0 atom stereocenters. The van der Waals surface area contributed by atoms with Gasteiger partial charge in [0.15, 0.2) is 0 Å². The highest BCUT2D eigenvalue weighted by molar-refractivity contribution is 6.31. The topological polar surface area (TPSA) is 46.9 Å². The largest absolute Gasteiger partial charge is 0.416 e. The number of aromatic nitrogens is 2. The van der Waals surface area contributed by atoms with Crippen molar-refractivity contribution in [2.24, 2.45) is 0 Å². The van der Waals surface area contributed by atoms with Gasteiger partial charge in [0.1, 0.15) is 0 Å². The summed E-state index contributed by atoms with van der Waals surface area (Å²) in [5.74, 6) is -0.374. The zero-order chi connectivity index (χ0) is 17.5. The molecule has 0 bridgehead atoms. The van der Waals surface area contributed by atoms with Crippen LogP contribution in [0, 0.1) is 0 Å². The van der Waals surface area contributed by atoms with Crippen molar-refractivity contribution in [2.75, 3.05) is 0 Å². The third-order valence-corrected chi connectivity index (χ3v) is 4.46. The van der Waals surface area contributed by atoms with Crippen molar-refractivity contribution < 1.29 is 18.0 Å². The summed E-state index contributed by atoms with van der Waals surface area (Å²) in [5.41, 5.74) is -0.952. The number of amides is 1. The van der Waals surface area contributed by atoms with Crippen molar-refractivity contribution in [2.45, 2.75) is 38.0 Å². The molecule has 1 aromatic carbocycles. The predicted molar refractivity (Wildman–Crippen MR) is 82.7 cm³/mol. The molecule has 8 heteroatoms. The third kappa shape index (κ3) is 3.13. The quantitative estimate of drug-likeness (QED) is 0.899. The van der Waals surface area contributed by atoms with Crippen LogP contribution in [0.1, 0.15) is 41.3 Å². The molecule has 3 rings (SSSR count). The van der Waals surface area contributed by atoms with E-state index in [0.29, 0.717) is 30.5 Å². The van der Waals surface area contributed by atoms with Gasteiger partial charge in [-0.05, 0) is 43.5 Å². The van der Waals surface area contributed by atoms with E-state index in [9.17, 15) is 18.0 Å². The number of nitrogens with one attached hydrogen (secondary N) is 1. The molecule has 1 saturated carbocycles.